The highest BCUT2D eigenvalue weighted by Gasteiger charge is 2.20. The maximum absolute atomic E-state index is 12.8. The Morgan fingerprint density at radius 1 is 1.14 bits per heavy atom. The average Bonchev–Trinajstić information content (AvgIpc) is 3.25. The minimum Gasteiger partial charge on any atom is -0.381 e. The topological polar surface area (TPSA) is 84.1 Å². The molecule has 3 aromatic rings. The van der Waals surface area contributed by atoms with Crippen molar-refractivity contribution in [2.75, 3.05) is 18.5 Å². The summed E-state index contributed by atoms with van der Waals surface area (Å²) in [4.78, 5) is 12.8. The van der Waals surface area contributed by atoms with E-state index in [2.05, 4.69) is 15.5 Å². The van der Waals surface area contributed by atoms with Crippen molar-refractivity contribution < 1.29 is 13.7 Å². The number of carbonyl (C=O) groups excluding carboxylic acids is 1. The molecule has 1 aliphatic heterocycles. The molecule has 0 radical (unpaired) electrons. The molecule has 1 amide bonds. The first-order valence-corrected chi connectivity index (χ1v) is 11.0. The highest BCUT2D eigenvalue weighted by molar-refractivity contribution is 7.84. The van der Waals surface area contributed by atoms with Gasteiger partial charge in [0, 0.05) is 46.3 Å². The maximum atomic E-state index is 12.8. The van der Waals surface area contributed by atoms with Crippen LogP contribution < -0.4 is 5.32 Å². The smallest absolute Gasteiger partial charge is 0.259 e. The molecule has 1 saturated heterocycles. The molecular formula is C22H23N3O3S. The number of rotatable bonds is 6. The zero-order chi connectivity index (χ0) is 20.1. The second kappa shape index (κ2) is 9.15. The van der Waals surface area contributed by atoms with Crippen molar-refractivity contribution in [1.29, 1.82) is 0 Å². The van der Waals surface area contributed by atoms with E-state index >= 15 is 0 Å². The van der Waals surface area contributed by atoms with E-state index in [4.69, 9.17) is 4.74 Å². The van der Waals surface area contributed by atoms with Gasteiger partial charge in [-0.15, -0.1) is 0 Å². The Labute approximate surface area is 172 Å². The fourth-order valence-electron chi connectivity index (χ4n) is 3.44. The van der Waals surface area contributed by atoms with E-state index < -0.39 is 10.8 Å². The number of nitrogens with one attached hydrogen (secondary N) is 2. The van der Waals surface area contributed by atoms with Gasteiger partial charge in [-0.05, 0) is 30.5 Å². The van der Waals surface area contributed by atoms with Crippen LogP contribution in [-0.4, -0.2) is 38.8 Å². The minimum absolute atomic E-state index is 0.182. The quantitative estimate of drug-likeness (QED) is 0.649. The molecule has 29 heavy (non-hydrogen) atoms. The third-order valence-corrected chi connectivity index (χ3v) is 6.81. The number of carbonyl (C=O) groups is 1. The lowest BCUT2D eigenvalue weighted by atomic mass is 10.1. The Bertz CT molecular complexity index is 997. The molecule has 0 spiro atoms. The molecule has 1 atom stereocenters. The number of hydrogen-bond acceptors (Lipinski definition) is 4. The van der Waals surface area contributed by atoms with Crippen LogP contribution in [0.2, 0.25) is 0 Å². The number of ether oxygens (including phenoxy) is 1. The number of nitrogens with zero attached hydrogens (tertiary/aromatic N) is 1. The van der Waals surface area contributed by atoms with Gasteiger partial charge in [-0.2, -0.15) is 5.10 Å². The molecule has 150 valence electrons. The van der Waals surface area contributed by atoms with Crippen molar-refractivity contribution in [2.24, 2.45) is 0 Å². The van der Waals surface area contributed by atoms with Crippen LogP contribution in [0.25, 0.3) is 11.3 Å². The van der Waals surface area contributed by atoms with E-state index in [0.29, 0.717) is 35.9 Å². The van der Waals surface area contributed by atoms with Gasteiger partial charge in [-0.3, -0.25) is 14.1 Å². The van der Waals surface area contributed by atoms with E-state index in [9.17, 15) is 9.00 Å². The van der Waals surface area contributed by atoms with Crippen molar-refractivity contribution >= 4 is 22.4 Å². The van der Waals surface area contributed by atoms with Crippen LogP contribution in [0.4, 0.5) is 5.69 Å². The summed E-state index contributed by atoms with van der Waals surface area (Å²) in [6.45, 7) is 1.36. The Kier molecular flexibility index (Phi) is 6.17. The van der Waals surface area contributed by atoms with Crippen molar-refractivity contribution in [3.8, 4) is 11.3 Å². The Morgan fingerprint density at radius 2 is 1.93 bits per heavy atom. The average molecular weight is 410 g/mol. The van der Waals surface area contributed by atoms with Crippen LogP contribution in [-0.2, 0) is 21.3 Å². The number of hydrogen-bond donors (Lipinski definition) is 2. The lowest BCUT2D eigenvalue weighted by Crippen LogP contribution is -2.25. The standard InChI is InChI=1S/C22H23N3O3S/c26-22(20-14-23-25-21(20)17-6-2-1-3-7-17)24-18-8-4-5-16(13-18)15-29(27)19-9-11-28-12-10-19/h1-8,13-14,19H,9-12,15H2,(H,23,25)(H,24,26). The van der Waals surface area contributed by atoms with Gasteiger partial charge in [0.1, 0.15) is 0 Å². The van der Waals surface area contributed by atoms with Crippen molar-refractivity contribution in [1.82, 2.24) is 10.2 Å². The van der Waals surface area contributed by atoms with Crippen molar-refractivity contribution in [3.05, 3.63) is 71.9 Å². The fourth-order valence-corrected chi connectivity index (χ4v) is 4.90. The van der Waals surface area contributed by atoms with Gasteiger partial charge in [0.25, 0.3) is 5.91 Å². The summed E-state index contributed by atoms with van der Waals surface area (Å²) in [6.07, 6.45) is 3.21. The molecule has 1 fully saturated rings. The van der Waals surface area contributed by atoms with E-state index in [1.807, 2.05) is 54.6 Å². The first-order chi connectivity index (χ1) is 14.2. The molecule has 7 heteroatoms. The van der Waals surface area contributed by atoms with E-state index in [1.165, 1.54) is 6.20 Å². The first-order valence-electron chi connectivity index (χ1n) is 9.65. The molecule has 2 N–H and O–H groups in total. The lowest BCUT2D eigenvalue weighted by molar-refractivity contribution is 0.0991. The van der Waals surface area contributed by atoms with Crippen LogP contribution in [0.3, 0.4) is 0 Å². The molecule has 2 aromatic carbocycles. The monoisotopic (exact) mass is 409 g/mol. The van der Waals surface area contributed by atoms with Crippen LogP contribution in [0.5, 0.6) is 0 Å². The predicted molar refractivity (Wildman–Crippen MR) is 114 cm³/mol. The SMILES string of the molecule is O=C(Nc1cccc(CS(=O)C2CCOCC2)c1)c1cn[nH]c1-c1ccccc1. The maximum Gasteiger partial charge on any atom is 0.259 e. The summed E-state index contributed by atoms with van der Waals surface area (Å²) in [5, 5.41) is 10.0. The number of aromatic nitrogens is 2. The van der Waals surface area contributed by atoms with Crippen LogP contribution in [0, 0.1) is 0 Å². The van der Waals surface area contributed by atoms with Gasteiger partial charge in [-0.1, -0.05) is 42.5 Å². The largest absolute Gasteiger partial charge is 0.381 e. The fraction of sp³-hybridized carbons (Fsp3) is 0.273. The molecule has 6 nitrogen and oxygen atoms in total. The van der Waals surface area contributed by atoms with Crippen LogP contribution >= 0.6 is 0 Å². The summed E-state index contributed by atoms with van der Waals surface area (Å²) in [5.74, 6) is 0.246. The molecule has 4 rings (SSSR count). The van der Waals surface area contributed by atoms with Crippen LogP contribution in [0.15, 0.2) is 60.8 Å². The van der Waals surface area contributed by atoms with Crippen molar-refractivity contribution in [3.63, 3.8) is 0 Å². The van der Waals surface area contributed by atoms with E-state index in [-0.39, 0.29) is 11.2 Å². The highest BCUT2D eigenvalue weighted by atomic mass is 32.2. The summed E-state index contributed by atoms with van der Waals surface area (Å²) in [5.41, 5.74) is 3.68. The molecule has 0 saturated carbocycles. The van der Waals surface area contributed by atoms with Gasteiger partial charge >= 0.3 is 0 Å². The first kappa shape index (κ1) is 19.5. The second-order valence-electron chi connectivity index (χ2n) is 7.02. The number of benzene rings is 2. The summed E-state index contributed by atoms with van der Waals surface area (Å²) < 4.78 is 18.0. The summed E-state index contributed by atoms with van der Waals surface area (Å²) in [7, 11) is -0.944. The van der Waals surface area contributed by atoms with Gasteiger partial charge < -0.3 is 10.1 Å². The van der Waals surface area contributed by atoms with E-state index in [1.54, 1.807) is 0 Å². The van der Waals surface area contributed by atoms with Gasteiger partial charge in [0.05, 0.1) is 17.5 Å². The second-order valence-corrected chi connectivity index (χ2v) is 8.73. The predicted octanol–water partition coefficient (Wildman–Crippen LogP) is 3.76. The number of H-pyrrole nitrogens is 1. The molecule has 1 unspecified atom stereocenters. The summed E-state index contributed by atoms with van der Waals surface area (Å²) >= 11 is 0. The number of anilines is 1. The minimum atomic E-state index is -0.944. The van der Waals surface area contributed by atoms with Crippen molar-refractivity contribution in [2.45, 2.75) is 23.8 Å². The molecular weight excluding hydrogens is 386 g/mol. The Balaban J connectivity index is 1.45. The Hall–Kier alpha value is -2.77. The molecule has 0 aliphatic carbocycles. The third-order valence-electron chi connectivity index (χ3n) is 4.98. The molecule has 0 bridgehead atoms. The van der Waals surface area contributed by atoms with Gasteiger partial charge in [-0.25, -0.2) is 0 Å². The van der Waals surface area contributed by atoms with Gasteiger partial charge in [0.2, 0.25) is 0 Å². The molecule has 1 aliphatic rings. The van der Waals surface area contributed by atoms with Gasteiger partial charge in [0.15, 0.2) is 0 Å². The Morgan fingerprint density at radius 3 is 2.72 bits per heavy atom. The van der Waals surface area contributed by atoms with Crippen LogP contribution in [0.1, 0.15) is 28.8 Å². The zero-order valence-electron chi connectivity index (χ0n) is 16.0. The zero-order valence-corrected chi connectivity index (χ0v) is 16.8. The normalized spacial score (nSPS) is 15.7. The number of aromatic amines is 1. The van der Waals surface area contributed by atoms with E-state index in [0.717, 1.165) is 24.0 Å². The number of amides is 1. The molecule has 1 aromatic heterocycles. The highest BCUT2D eigenvalue weighted by Crippen LogP contribution is 2.23. The summed E-state index contributed by atoms with van der Waals surface area (Å²) in [6, 6.07) is 17.2. The lowest BCUT2D eigenvalue weighted by Gasteiger charge is -2.21. The third kappa shape index (κ3) is 4.81. The molecule has 2 heterocycles.